The summed E-state index contributed by atoms with van der Waals surface area (Å²) in [7, 11) is 0. The number of nitrogens with zero attached hydrogens (tertiary/aromatic N) is 2. The smallest absolute Gasteiger partial charge is 0.153 e. The van der Waals surface area contributed by atoms with E-state index in [4.69, 9.17) is 7.16 Å². The maximum absolute atomic E-state index is 9.48. The molecule has 0 aliphatic heterocycles. The Morgan fingerprint density at radius 1 is 0.906 bits per heavy atom. The Balaban J connectivity index is 1.59. The molecule has 5 rings (SSSR count). The van der Waals surface area contributed by atoms with Crippen LogP contribution in [0.4, 0.5) is 0 Å². The van der Waals surface area contributed by atoms with Gasteiger partial charge in [-0.1, -0.05) is 69.3 Å². The maximum Gasteiger partial charge on any atom is 0.153 e. The van der Waals surface area contributed by atoms with Crippen molar-refractivity contribution in [2.75, 3.05) is 0 Å². The van der Waals surface area contributed by atoms with Crippen LogP contribution in [0.1, 0.15) is 34.6 Å². The number of rotatable bonds is 3. The number of pyridine rings is 1. The molecule has 0 bridgehead atoms. The van der Waals surface area contributed by atoms with Gasteiger partial charge in [-0.15, -0.1) is 0 Å². The van der Waals surface area contributed by atoms with Crippen LogP contribution in [0.2, 0.25) is 0 Å². The molecule has 0 radical (unpaired) electrons. The maximum atomic E-state index is 9.48. The summed E-state index contributed by atoms with van der Waals surface area (Å²) in [5.74, 6) is 0. The fraction of sp³-hybridized carbons (Fsp3) is 0.172. The van der Waals surface area contributed by atoms with E-state index in [-0.39, 0.29) is 0 Å². The Hall–Kier alpha value is -3.90. The third-order valence-electron chi connectivity index (χ3n) is 5.42. The zero-order valence-electron chi connectivity index (χ0n) is 20.3. The van der Waals surface area contributed by atoms with Crippen molar-refractivity contribution in [1.82, 2.24) is 4.98 Å². The Morgan fingerprint density at radius 3 is 2.34 bits per heavy atom. The van der Waals surface area contributed by atoms with Gasteiger partial charge in [0, 0.05) is 25.3 Å². The van der Waals surface area contributed by atoms with Crippen LogP contribution in [-0.4, -0.2) is 4.98 Å². The molecule has 32 heavy (non-hydrogen) atoms. The Labute approximate surface area is 190 Å². The van der Waals surface area contributed by atoms with Gasteiger partial charge in [0.05, 0.1) is 11.3 Å². The first-order valence-electron chi connectivity index (χ1n) is 11.6. The van der Waals surface area contributed by atoms with Gasteiger partial charge in [0.25, 0.3) is 0 Å². The van der Waals surface area contributed by atoms with Crippen LogP contribution in [0.25, 0.3) is 44.3 Å². The van der Waals surface area contributed by atoms with Crippen molar-refractivity contribution in [2.45, 2.75) is 27.1 Å². The molecule has 0 atom stereocenters. The van der Waals surface area contributed by atoms with E-state index in [1.54, 1.807) is 12.3 Å². The number of hydrogen-bond donors (Lipinski definition) is 0. The van der Waals surface area contributed by atoms with Crippen molar-refractivity contribution in [3.05, 3.63) is 90.1 Å². The SMILES string of the molecule is [2H]C([2H])(c1ccc(-c2ccnc(-c3cccc4c3oc3c(C#N)cccc34)c2)cc1)C(C)(C)C. The number of benzene rings is 3. The summed E-state index contributed by atoms with van der Waals surface area (Å²) in [6, 6.07) is 25.4. The highest BCUT2D eigenvalue weighted by molar-refractivity contribution is 6.10. The van der Waals surface area contributed by atoms with Crippen molar-refractivity contribution in [1.29, 1.82) is 5.26 Å². The average molecular weight is 419 g/mol. The third kappa shape index (κ3) is 3.65. The Kier molecular flexibility index (Phi) is 4.25. The summed E-state index contributed by atoms with van der Waals surface area (Å²) in [6.07, 6.45) is 0.337. The third-order valence-corrected chi connectivity index (χ3v) is 5.42. The summed E-state index contributed by atoms with van der Waals surface area (Å²) >= 11 is 0. The fourth-order valence-corrected chi connectivity index (χ4v) is 4.05. The Morgan fingerprint density at radius 2 is 1.62 bits per heavy atom. The normalized spacial score (nSPS) is 13.1. The number of hydrogen-bond acceptors (Lipinski definition) is 3. The fourth-order valence-electron chi connectivity index (χ4n) is 4.05. The molecule has 2 aromatic heterocycles. The van der Waals surface area contributed by atoms with Crippen molar-refractivity contribution >= 4 is 21.9 Å². The number of fused-ring (bicyclic) bond motifs is 3. The molecule has 3 aromatic carbocycles. The van der Waals surface area contributed by atoms with E-state index in [0.717, 1.165) is 33.2 Å². The molecule has 3 nitrogen and oxygen atoms in total. The highest BCUT2D eigenvalue weighted by Crippen LogP contribution is 2.37. The van der Waals surface area contributed by atoms with Gasteiger partial charge >= 0.3 is 0 Å². The van der Waals surface area contributed by atoms with E-state index in [2.05, 4.69) is 11.1 Å². The molecular weight excluding hydrogens is 392 g/mol. The molecule has 0 unspecified atom stereocenters. The molecular formula is C29H24N2O. The number of furan rings is 1. The van der Waals surface area contributed by atoms with Crippen molar-refractivity contribution in [3.8, 4) is 28.5 Å². The van der Waals surface area contributed by atoms with Gasteiger partial charge in [-0.25, -0.2) is 0 Å². The van der Waals surface area contributed by atoms with Crippen LogP contribution in [0, 0.1) is 16.7 Å². The first-order chi connectivity index (χ1) is 16.2. The lowest BCUT2D eigenvalue weighted by molar-refractivity contribution is 0.411. The quantitative estimate of drug-likeness (QED) is 0.301. The monoisotopic (exact) mass is 418 g/mol. The molecule has 0 aliphatic carbocycles. The first-order valence-corrected chi connectivity index (χ1v) is 10.6. The van der Waals surface area contributed by atoms with Crippen LogP contribution in [0.3, 0.4) is 0 Å². The molecule has 0 amide bonds. The van der Waals surface area contributed by atoms with Gasteiger partial charge in [0.15, 0.2) is 5.58 Å². The predicted octanol–water partition coefficient (Wildman–Crippen LogP) is 7.78. The summed E-state index contributed by atoms with van der Waals surface area (Å²) in [6.45, 7) is 5.73. The molecule has 0 spiro atoms. The van der Waals surface area contributed by atoms with Gasteiger partial charge < -0.3 is 4.42 Å². The van der Waals surface area contributed by atoms with Gasteiger partial charge in [-0.3, -0.25) is 4.98 Å². The highest BCUT2D eigenvalue weighted by atomic mass is 16.3. The van der Waals surface area contributed by atoms with E-state index in [9.17, 15) is 5.26 Å². The number of nitriles is 1. The molecule has 0 saturated heterocycles. The summed E-state index contributed by atoms with van der Waals surface area (Å²) in [5, 5.41) is 11.3. The van der Waals surface area contributed by atoms with E-state index in [1.165, 1.54) is 0 Å². The average Bonchev–Trinajstić information content (AvgIpc) is 3.22. The van der Waals surface area contributed by atoms with Gasteiger partial charge in [-0.05, 0) is 52.7 Å². The van der Waals surface area contributed by atoms with Crippen LogP contribution in [0.15, 0.2) is 83.4 Å². The zero-order valence-corrected chi connectivity index (χ0v) is 18.3. The summed E-state index contributed by atoms with van der Waals surface area (Å²) in [5.41, 5.74) is 5.57. The molecule has 0 N–H and O–H groups in total. The van der Waals surface area contributed by atoms with E-state index >= 15 is 0 Å². The number of aromatic nitrogens is 1. The molecule has 0 aliphatic rings. The second kappa shape index (κ2) is 7.66. The molecule has 3 heteroatoms. The minimum atomic E-state index is -1.44. The lowest BCUT2D eigenvalue weighted by Crippen LogP contribution is -2.08. The predicted molar refractivity (Wildman–Crippen MR) is 130 cm³/mol. The van der Waals surface area contributed by atoms with Crippen molar-refractivity contribution in [2.24, 2.45) is 5.41 Å². The first kappa shape index (κ1) is 17.7. The topological polar surface area (TPSA) is 49.8 Å². The number of para-hydroxylation sites is 2. The van der Waals surface area contributed by atoms with E-state index < -0.39 is 11.8 Å². The Bertz CT molecular complexity index is 1570. The molecule has 0 saturated carbocycles. The van der Waals surface area contributed by atoms with Crippen LogP contribution < -0.4 is 0 Å². The highest BCUT2D eigenvalue weighted by Gasteiger charge is 2.16. The minimum absolute atomic E-state index is 0.505. The van der Waals surface area contributed by atoms with E-state index in [0.29, 0.717) is 22.3 Å². The lowest BCUT2D eigenvalue weighted by Gasteiger charge is -2.18. The second-order valence-corrected chi connectivity index (χ2v) is 8.96. The zero-order chi connectivity index (χ0) is 24.1. The molecule has 0 fully saturated rings. The largest absolute Gasteiger partial charge is 0.454 e. The van der Waals surface area contributed by atoms with E-state index in [1.807, 2.05) is 87.5 Å². The lowest BCUT2D eigenvalue weighted by atomic mass is 9.87. The van der Waals surface area contributed by atoms with Crippen molar-refractivity contribution in [3.63, 3.8) is 0 Å². The summed E-state index contributed by atoms with van der Waals surface area (Å²) in [4.78, 5) is 4.60. The summed E-state index contributed by atoms with van der Waals surface area (Å²) < 4.78 is 23.2. The van der Waals surface area contributed by atoms with Gasteiger partial charge in [-0.2, -0.15) is 5.26 Å². The second-order valence-electron chi connectivity index (χ2n) is 8.96. The van der Waals surface area contributed by atoms with Gasteiger partial charge in [0.2, 0.25) is 0 Å². The molecule has 156 valence electrons. The van der Waals surface area contributed by atoms with Gasteiger partial charge in [0.1, 0.15) is 11.7 Å². The van der Waals surface area contributed by atoms with Crippen molar-refractivity contribution < 1.29 is 7.16 Å². The van der Waals surface area contributed by atoms with Crippen LogP contribution >= 0.6 is 0 Å². The molecule has 2 heterocycles. The standard InChI is InChI=1S/C29H24N2O/c1-29(2,3)17-19-10-12-20(13-11-19)21-14-15-31-26(16-21)25-9-5-8-24-23-7-4-6-22(18-30)27(23)32-28(24)25/h4-16H,17H2,1-3H3/i17D2. The van der Waals surface area contributed by atoms with Crippen LogP contribution in [0.5, 0.6) is 0 Å². The van der Waals surface area contributed by atoms with Crippen LogP contribution in [-0.2, 0) is 6.37 Å². The minimum Gasteiger partial charge on any atom is -0.454 e. The molecule has 5 aromatic rings.